The largest absolute Gasteiger partial charge is 1.00 e. The highest BCUT2D eigenvalue weighted by Gasteiger charge is 2.12. The van der Waals surface area contributed by atoms with E-state index in [2.05, 4.69) is 34.7 Å². The molecule has 2 nitrogen and oxygen atoms in total. The molecule has 0 N–H and O–H groups in total. The topological polar surface area (TPSA) is 20.9 Å². The summed E-state index contributed by atoms with van der Waals surface area (Å²) in [6.07, 6.45) is 3.97. The van der Waals surface area contributed by atoms with E-state index >= 15 is 0 Å². The molecule has 2 aromatic carbocycles. The van der Waals surface area contributed by atoms with Crippen LogP contribution in [0.25, 0.3) is 10.8 Å². The zero-order chi connectivity index (χ0) is 13.9. The van der Waals surface area contributed by atoms with Crippen molar-refractivity contribution in [3.63, 3.8) is 0 Å². The standard InChI is InChI=1S/C17H13INO.BrH/c18-16-7-3-6-14(10-16)17(20)12-19-9-8-13-4-1-2-5-15(13)11-19;/h1-11H,12H2;1H/q+1;/p-1. The first-order valence-electron chi connectivity index (χ1n) is 6.39. The van der Waals surface area contributed by atoms with Gasteiger partial charge >= 0.3 is 0 Å². The number of carbonyl (C=O) groups excluding carboxylic acids is 1. The number of nitrogens with zero attached hydrogens (tertiary/aromatic N) is 1. The van der Waals surface area contributed by atoms with Crippen molar-refractivity contribution in [3.05, 3.63) is 76.1 Å². The second-order valence-corrected chi connectivity index (χ2v) is 5.93. The number of Topliss-reactive ketones (excluding diaryl/α,β-unsaturated/α-hetero) is 1. The minimum Gasteiger partial charge on any atom is -1.00 e. The van der Waals surface area contributed by atoms with Gasteiger partial charge in [-0.15, -0.1) is 0 Å². The fraction of sp³-hybridized carbons (Fsp3) is 0.0588. The maximum absolute atomic E-state index is 12.3. The Morgan fingerprint density at radius 3 is 2.52 bits per heavy atom. The molecule has 0 aliphatic rings. The highest BCUT2D eigenvalue weighted by atomic mass is 127. The number of hydrogen-bond donors (Lipinski definition) is 0. The molecule has 0 bridgehead atoms. The number of pyridine rings is 1. The fourth-order valence-corrected chi connectivity index (χ4v) is 2.74. The van der Waals surface area contributed by atoms with Crippen LogP contribution in [0.2, 0.25) is 0 Å². The molecule has 21 heavy (non-hydrogen) atoms. The van der Waals surface area contributed by atoms with E-state index in [0.717, 1.165) is 14.5 Å². The van der Waals surface area contributed by atoms with Crippen LogP contribution in [-0.4, -0.2) is 5.78 Å². The molecule has 3 rings (SSSR count). The third-order valence-corrected chi connectivity index (χ3v) is 3.89. The molecule has 0 spiro atoms. The quantitative estimate of drug-likeness (QED) is 0.323. The summed E-state index contributed by atoms with van der Waals surface area (Å²) in [5.74, 6) is 0.129. The van der Waals surface area contributed by atoms with Gasteiger partial charge in [0.05, 0.1) is 0 Å². The number of carbonyl (C=O) groups is 1. The van der Waals surface area contributed by atoms with Gasteiger partial charge in [-0.2, -0.15) is 4.57 Å². The van der Waals surface area contributed by atoms with Crippen molar-refractivity contribution < 1.29 is 26.3 Å². The van der Waals surface area contributed by atoms with Crippen LogP contribution in [0.3, 0.4) is 0 Å². The molecule has 0 atom stereocenters. The lowest BCUT2D eigenvalue weighted by Gasteiger charge is -2.00. The van der Waals surface area contributed by atoms with Crippen molar-refractivity contribution in [1.82, 2.24) is 0 Å². The van der Waals surface area contributed by atoms with Crippen LogP contribution in [0.15, 0.2) is 67.0 Å². The molecule has 0 radical (unpaired) electrons. The molecule has 0 amide bonds. The molecule has 0 saturated heterocycles. The lowest BCUT2D eigenvalue weighted by atomic mass is 10.1. The summed E-state index contributed by atoms with van der Waals surface area (Å²) in [7, 11) is 0. The maximum Gasteiger partial charge on any atom is 0.227 e. The van der Waals surface area contributed by atoms with Crippen molar-refractivity contribution in [2.45, 2.75) is 6.54 Å². The van der Waals surface area contributed by atoms with Crippen LogP contribution in [0.1, 0.15) is 10.4 Å². The Morgan fingerprint density at radius 1 is 1.00 bits per heavy atom. The van der Waals surface area contributed by atoms with Crippen LogP contribution >= 0.6 is 22.6 Å². The van der Waals surface area contributed by atoms with E-state index in [1.165, 1.54) is 5.39 Å². The zero-order valence-corrected chi connectivity index (χ0v) is 14.9. The van der Waals surface area contributed by atoms with E-state index in [0.29, 0.717) is 6.54 Å². The number of hydrogen-bond acceptors (Lipinski definition) is 1. The number of aromatic nitrogens is 1. The van der Waals surface area contributed by atoms with Gasteiger partial charge in [0.2, 0.25) is 12.3 Å². The molecule has 4 heteroatoms. The van der Waals surface area contributed by atoms with E-state index in [9.17, 15) is 4.79 Å². The first-order valence-corrected chi connectivity index (χ1v) is 7.47. The number of halogens is 2. The molecule has 3 aromatic rings. The normalized spacial score (nSPS) is 10.1. The molecule has 0 aliphatic heterocycles. The lowest BCUT2D eigenvalue weighted by molar-refractivity contribution is -0.681. The van der Waals surface area contributed by atoms with Gasteiger partial charge in [-0.3, -0.25) is 4.79 Å². The van der Waals surface area contributed by atoms with Crippen molar-refractivity contribution in [3.8, 4) is 0 Å². The number of rotatable bonds is 3. The Hall–Kier alpha value is -1.27. The first kappa shape index (κ1) is 16.1. The van der Waals surface area contributed by atoms with Gasteiger partial charge in [-0.05, 0) is 46.2 Å². The minimum atomic E-state index is 0. The number of ketones is 1. The van der Waals surface area contributed by atoms with Gasteiger partial charge in [-0.1, -0.05) is 30.3 Å². The molecule has 0 saturated carbocycles. The fourth-order valence-electron chi connectivity index (χ4n) is 2.20. The third kappa shape index (κ3) is 3.89. The number of fused-ring (bicyclic) bond motifs is 1. The van der Waals surface area contributed by atoms with Gasteiger partial charge in [0.25, 0.3) is 0 Å². The molecular formula is C17H13BrINO. The molecule has 106 valence electrons. The van der Waals surface area contributed by atoms with Crippen LogP contribution < -0.4 is 21.5 Å². The molecule has 1 aromatic heterocycles. The Labute approximate surface area is 147 Å². The Bertz CT molecular complexity index is 788. The van der Waals surface area contributed by atoms with Gasteiger partial charge in [0.15, 0.2) is 12.4 Å². The highest BCUT2D eigenvalue weighted by molar-refractivity contribution is 14.1. The Balaban J connectivity index is 0.00000161. The van der Waals surface area contributed by atoms with Crippen LogP contribution in [0, 0.1) is 3.57 Å². The SMILES string of the molecule is O=C(C[n+]1ccc2ccccc2c1)c1cccc(I)c1.[Br-]. The Kier molecular flexibility index (Phi) is 5.47. The summed E-state index contributed by atoms with van der Waals surface area (Å²) in [4.78, 5) is 12.3. The minimum absolute atomic E-state index is 0. The average molecular weight is 454 g/mol. The van der Waals surface area contributed by atoms with E-state index in [-0.39, 0.29) is 22.8 Å². The van der Waals surface area contributed by atoms with Crippen LogP contribution in [0.5, 0.6) is 0 Å². The van der Waals surface area contributed by atoms with Crippen molar-refractivity contribution in [1.29, 1.82) is 0 Å². The summed E-state index contributed by atoms with van der Waals surface area (Å²) in [6, 6.07) is 17.9. The van der Waals surface area contributed by atoms with E-state index in [1.807, 2.05) is 59.4 Å². The van der Waals surface area contributed by atoms with Gasteiger partial charge in [0, 0.05) is 20.6 Å². The highest BCUT2D eigenvalue weighted by Crippen LogP contribution is 2.11. The first-order chi connectivity index (χ1) is 9.72. The Morgan fingerprint density at radius 2 is 1.76 bits per heavy atom. The van der Waals surface area contributed by atoms with E-state index in [1.54, 1.807) is 0 Å². The second kappa shape index (κ2) is 7.13. The molecule has 1 heterocycles. The summed E-state index contributed by atoms with van der Waals surface area (Å²) < 4.78 is 3.02. The predicted molar refractivity (Wildman–Crippen MR) is 87.6 cm³/mol. The van der Waals surface area contributed by atoms with Gasteiger partial charge in [0.1, 0.15) is 0 Å². The van der Waals surface area contributed by atoms with E-state index < -0.39 is 0 Å². The number of benzene rings is 2. The molecule has 0 fully saturated rings. The monoisotopic (exact) mass is 453 g/mol. The van der Waals surface area contributed by atoms with Gasteiger partial charge in [-0.25, -0.2) is 0 Å². The van der Waals surface area contributed by atoms with Crippen molar-refractivity contribution in [2.24, 2.45) is 0 Å². The van der Waals surface area contributed by atoms with Crippen molar-refractivity contribution in [2.75, 3.05) is 0 Å². The smallest absolute Gasteiger partial charge is 0.227 e. The summed E-state index contributed by atoms with van der Waals surface area (Å²) in [5, 5.41) is 2.33. The summed E-state index contributed by atoms with van der Waals surface area (Å²) >= 11 is 2.22. The second-order valence-electron chi connectivity index (χ2n) is 4.68. The third-order valence-electron chi connectivity index (χ3n) is 3.22. The van der Waals surface area contributed by atoms with Gasteiger partial charge < -0.3 is 17.0 Å². The van der Waals surface area contributed by atoms with Crippen LogP contribution in [0.4, 0.5) is 0 Å². The zero-order valence-electron chi connectivity index (χ0n) is 11.2. The summed E-state index contributed by atoms with van der Waals surface area (Å²) in [6.45, 7) is 0.366. The molecule has 0 aliphatic carbocycles. The van der Waals surface area contributed by atoms with Crippen molar-refractivity contribution >= 4 is 39.1 Å². The van der Waals surface area contributed by atoms with E-state index in [4.69, 9.17) is 0 Å². The average Bonchev–Trinajstić information content (AvgIpc) is 2.47. The lowest BCUT2D eigenvalue weighted by Crippen LogP contribution is -3.00. The predicted octanol–water partition coefficient (Wildman–Crippen LogP) is 0.619. The molecular weight excluding hydrogens is 441 g/mol. The molecule has 0 unspecified atom stereocenters. The maximum atomic E-state index is 12.3. The van der Waals surface area contributed by atoms with Crippen LogP contribution in [-0.2, 0) is 6.54 Å². The summed E-state index contributed by atoms with van der Waals surface area (Å²) in [5.41, 5.74) is 0.762.